The number of aliphatic hydroxyl groups excluding tert-OH is 1. The van der Waals surface area contributed by atoms with Gasteiger partial charge in [-0.1, -0.05) is 6.07 Å². The molecule has 0 radical (unpaired) electrons. The number of amides is 1. The molecule has 1 N–H and O–H groups in total. The summed E-state index contributed by atoms with van der Waals surface area (Å²) in [5.41, 5.74) is -0.0585. The molecule has 5 nitrogen and oxygen atoms in total. The minimum atomic E-state index is -4.42. The molecule has 27 heavy (non-hydrogen) atoms. The van der Waals surface area contributed by atoms with Crippen molar-refractivity contribution in [3.8, 4) is 0 Å². The average Bonchev–Trinajstić information content (AvgIpc) is 2.63. The molecule has 3 heterocycles. The summed E-state index contributed by atoms with van der Waals surface area (Å²) in [7, 11) is 0. The second-order valence-electron chi connectivity index (χ2n) is 7.76. The predicted molar refractivity (Wildman–Crippen MR) is 93.7 cm³/mol. The van der Waals surface area contributed by atoms with Crippen LogP contribution in [0.3, 0.4) is 0 Å². The van der Waals surface area contributed by atoms with E-state index in [9.17, 15) is 18.0 Å². The topological polar surface area (TPSA) is 56.7 Å². The van der Waals surface area contributed by atoms with Crippen molar-refractivity contribution in [1.82, 2.24) is 14.8 Å². The molecule has 0 bridgehead atoms. The van der Waals surface area contributed by atoms with Gasteiger partial charge in [0.05, 0.1) is 0 Å². The Morgan fingerprint density at radius 3 is 2.70 bits per heavy atom. The number of piperidine rings is 2. The minimum Gasteiger partial charge on any atom is -0.396 e. The number of pyridine rings is 1. The first-order valence-corrected chi connectivity index (χ1v) is 9.44. The molecule has 1 aromatic heterocycles. The summed E-state index contributed by atoms with van der Waals surface area (Å²) < 4.78 is 38.0. The van der Waals surface area contributed by atoms with E-state index in [0.717, 1.165) is 44.0 Å². The van der Waals surface area contributed by atoms with E-state index in [0.29, 0.717) is 32.5 Å². The van der Waals surface area contributed by atoms with Crippen molar-refractivity contribution in [2.75, 3.05) is 32.8 Å². The summed E-state index contributed by atoms with van der Waals surface area (Å²) in [6, 6.07) is 2.53. The molecule has 3 rings (SSSR count). The standard InChI is InChI=1S/C19H26F3N3O2/c20-19(21,22)16-4-3-15(11-23-16)12-24-8-1-6-18(13-24)7-5-17(27)25(14-18)9-2-10-26/h3-4,11,26H,1-2,5-10,12-14H2/t18-/m0/s1. The summed E-state index contributed by atoms with van der Waals surface area (Å²) in [5, 5.41) is 9.04. The maximum atomic E-state index is 12.7. The van der Waals surface area contributed by atoms with Crippen molar-refractivity contribution >= 4 is 5.91 Å². The molecular formula is C19H26F3N3O2. The Morgan fingerprint density at radius 2 is 2.04 bits per heavy atom. The Morgan fingerprint density at radius 1 is 1.22 bits per heavy atom. The number of carbonyl (C=O) groups excluding carboxylic acids is 1. The Balaban J connectivity index is 1.63. The van der Waals surface area contributed by atoms with Crippen LogP contribution in [0.4, 0.5) is 13.2 Å². The third-order valence-corrected chi connectivity index (χ3v) is 5.60. The predicted octanol–water partition coefficient (Wildman–Crippen LogP) is 2.69. The summed E-state index contributed by atoms with van der Waals surface area (Å²) >= 11 is 0. The molecular weight excluding hydrogens is 359 g/mol. The summed E-state index contributed by atoms with van der Waals surface area (Å²) in [6.07, 6.45) is 0.920. The number of hydrogen-bond acceptors (Lipinski definition) is 4. The zero-order valence-corrected chi connectivity index (χ0v) is 15.3. The SMILES string of the molecule is O=C1CC[C@]2(CCCN(Cc3ccc(C(F)(F)F)nc3)C2)CN1CCCO. The van der Waals surface area contributed by atoms with Crippen LogP contribution < -0.4 is 0 Å². The van der Waals surface area contributed by atoms with Crippen LogP contribution in [0.25, 0.3) is 0 Å². The number of alkyl halides is 3. The van der Waals surface area contributed by atoms with Gasteiger partial charge in [0, 0.05) is 50.8 Å². The van der Waals surface area contributed by atoms with Gasteiger partial charge in [0.1, 0.15) is 5.69 Å². The van der Waals surface area contributed by atoms with Crippen molar-refractivity contribution in [3.05, 3.63) is 29.6 Å². The number of nitrogens with zero attached hydrogens (tertiary/aromatic N) is 3. The van der Waals surface area contributed by atoms with Gasteiger partial charge in [0.2, 0.25) is 5.91 Å². The third-order valence-electron chi connectivity index (χ3n) is 5.60. The number of carbonyl (C=O) groups is 1. The minimum absolute atomic E-state index is 0.0426. The smallest absolute Gasteiger partial charge is 0.396 e. The number of hydrogen-bond donors (Lipinski definition) is 1. The highest BCUT2D eigenvalue weighted by Crippen LogP contribution is 2.39. The number of aromatic nitrogens is 1. The number of rotatable bonds is 5. The highest BCUT2D eigenvalue weighted by Gasteiger charge is 2.41. The van der Waals surface area contributed by atoms with Crippen molar-refractivity contribution < 1.29 is 23.1 Å². The first-order chi connectivity index (χ1) is 12.8. The fraction of sp³-hybridized carbons (Fsp3) is 0.684. The molecule has 0 aliphatic carbocycles. The van der Waals surface area contributed by atoms with Crippen LogP contribution >= 0.6 is 0 Å². The lowest BCUT2D eigenvalue weighted by molar-refractivity contribution is -0.141. The zero-order chi connectivity index (χ0) is 19.5. The van der Waals surface area contributed by atoms with Gasteiger partial charge in [0.25, 0.3) is 0 Å². The lowest BCUT2D eigenvalue weighted by atomic mass is 9.73. The van der Waals surface area contributed by atoms with Crippen LogP contribution in [-0.2, 0) is 17.5 Å². The summed E-state index contributed by atoms with van der Waals surface area (Å²) in [5.74, 6) is 0.151. The van der Waals surface area contributed by atoms with Crippen molar-refractivity contribution in [1.29, 1.82) is 0 Å². The van der Waals surface area contributed by atoms with E-state index in [-0.39, 0.29) is 17.9 Å². The second kappa shape index (κ2) is 8.14. The van der Waals surface area contributed by atoms with Crippen LogP contribution in [0.1, 0.15) is 43.4 Å². The van der Waals surface area contributed by atoms with Crippen molar-refractivity contribution in [2.45, 2.75) is 44.8 Å². The van der Waals surface area contributed by atoms with E-state index in [1.165, 1.54) is 12.3 Å². The second-order valence-corrected chi connectivity index (χ2v) is 7.76. The van der Waals surface area contributed by atoms with Gasteiger partial charge >= 0.3 is 6.18 Å². The molecule has 0 unspecified atom stereocenters. The number of likely N-dealkylation sites (tertiary alicyclic amines) is 2. The van der Waals surface area contributed by atoms with Gasteiger partial charge in [-0.3, -0.25) is 14.7 Å². The average molecular weight is 385 g/mol. The zero-order valence-electron chi connectivity index (χ0n) is 15.3. The molecule has 8 heteroatoms. The Kier molecular flexibility index (Phi) is 6.05. The van der Waals surface area contributed by atoms with Gasteiger partial charge in [-0.25, -0.2) is 0 Å². The first kappa shape index (κ1) is 20.1. The van der Waals surface area contributed by atoms with E-state index in [4.69, 9.17) is 5.11 Å². The first-order valence-electron chi connectivity index (χ1n) is 9.44. The summed E-state index contributed by atoms with van der Waals surface area (Å²) in [6.45, 7) is 3.65. The van der Waals surface area contributed by atoms with Crippen molar-refractivity contribution in [3.63, 3.8) is 0 Å². The third kappa shape index (κ3) is 4.99. The number of aliphatic hydroxyl groups is 1. The molecule has 1 spiro atoms. The Hall–Kier alpha value is -1.67. The van der Waals surface area contributed by atoms with E-state index in [1.807, 2.05) is 4.90 Å². The Bertz CT molecular complexity index is 651. The Labute approximate surface area is 157 Å². The highest BCUT2D eigenvalue weighted by atomic mass is 19.4. The number of halogens is 3. The fourth-order valence-electron chi connectivity index (χ4n) is 4.29. The molecule has 2 fully saturated rings. The van der Waals surface area contributed by atoms with Gasteiger partial charge in [0.15, 0.2) is 0 Å². The fourth-order valence-corrected chi connectivity index (χ4v) is 4.29. The molecule has 1 amide bonds. The molecule has 1 aromatic rings. The molecule has 0 aromatic carbocycles. The largest absolute Gasteiger partial charge is 0.433 e. The van der Waals surface area contributed by atoms with Gasteiger partial charge < -0.3 is 10.0 Å². The lowest BCUT2D eigenvalue weighted by Crippen LogP contribution is -2.54. The van der Waals surface area contributed by atoms with Gasteiger partial charge in [-0.15, -0.1) is 0 Å². The van der Waals surface area contributed by atoms with E-state index in [1.54, 1.807) is 0 Å². The van der Waals surface area contributed by atoms with Crippen LogP contribution in [0.15, 0.2) is 18.3 Å². The molecule has 2 aliphatic rings. The lowest BCUT2D eigenvalue weighted by Gasteiger charge is -2.48. The van der Waals surface area contributed by atoms with Crippen LogP contribution in [0.2, 0.25) is 0 Å². The molecule has 1 atom stereocenters. The van der Waals surface area contributed by atoms with Crippen LogP contribution in [-0.4, -0.2) is 58.6 Å². The summed E-state index contributed by atoms with van der Waals surface area (Å²) in [4.78, 5) is 19.8. The van der Waals surface area contributed by atoms with E-state index < -0.39 is 11.9 Å². The maximum absolute atomic E-state index is 12.7. The highest BCUT2D eigenvalue weighted by molar-refractivity contribution is 5.77. The molecule has 2 saturated heterocycles. The maximum Gasteiger partial charge on any atom is 0.433 e. The van der Waals surface area contributed by atoms with E-state index in [2.05, 4.69) is 9.88 Å². The van der Waals surface area contributed by atoms with Gasteiger partial charge in [-0.2, -0.15) is 13.2 Å². The van der Waals surface area contributed by atoms with E-state index >= 15 is 0 Å². The van der Waals surface area contributed by atoms with Crippen molar-refractivity contribution in [2.24, 2.45) is 5.41 Å². The van der Waals surface area contributed by atoms with Gasteiger partial charge in [-0.05, 0) is 43.9 Å². The monoisotopic (exact) mass is 385 g/mol. The van der Waals surface area contributed by atoms with Crippen LogP contribution in [0.5, 0.6) is 0 Å². The molecule has 0 saturated carbocycles. The van der Waals surface area contributed by atoms with Crippen LogP contribution in [0, 0.1) is 5.41 Å². The molecule has 150 valence electrons. The molecule has 2 aliphatic heterocycles. The quantitative estimate of drug-likeness (QED) is 0.847. The normalized spacial score (nSPS) is 24.6.